The summed E-state index contributed by atoms with van der Waals surface area (Å²) in [6.07, 6.45) is 1.08. The van der Waals surface area contributed by atoms with Crippen molar-refractivity contribution >= 4 is 27.7 Å². The van der Waals surface area contributed by atoms with Gasteiger partial charge in [0.2, 0.25) is 11.8 Å². The largest absolute Gasteiger partial charge is 0.352 e. The van der Waals surface area contributed by atoms with Gasteiger partial charge in [-0.1, -0.05) is 44.2 Å². The Morgan fingerprint density at radius 3 is 2.09 bits per heavy atom. The normalized spacial score (nSPS) is 13.2. The molecule has 0 fully saturated rings. The molecule has 0 aromatic heterocycles. The molecule has 192 valence electrons. The number of anilines is 1. The number of carbonyl (C=O) groups excluding carboxylic acids is 2. The summed E-state index contributed by atoms with van der Waals surface area (Å²) in [6, 6.07) is 13.2. The zero-order valence-corrected chi connectivity index (χ0v) is 21.8. The Morgan fingerprint density at radius 2 is 1.57 bits per heavy atom. The molecule has 0 spiro atoms. The van der Waals surface area contributed by atoms with E-state index in [1.165, 1.54) is 31.1 Å². The molecule has 0 unspecified atom stereocenters. The van der Waals surface area contributed by atoms with E-state index in [4.69, 9.17) is 0 Å². The van der Waals surface area contributed by atoms with E-state index in [1.807, 2.05) is 44.2 Å². The van der Waals surface area contributed by atoms with Gasteiger partial charge in [0.1, 0.15) is 18.4 Å². The maximum Gasteiger partial charge on any atom is 0.304 e. The molecule has 0 aliphatic carbocycles. The Kier molecular flexibility index (Phi) is 10.2. The predicted molar refractivity (Wildman–Crippen MR) is 135 cm³/mol. The van der Waals surface area contributed by atoms with E-state index in [2.05, 4.69) is 5.32 Å². The van der Waals surface area contributed by atoms with E-state index >= 15 is 0 Å². The van der Waals surface area contributed by atoms with Crippen molar-refractivity contribution in [3.63, 3.8) is 0 Å². The molecule has 0 radical (unpaired) electrons. The molecule has 0 heterocycles. The molecule has 2 atom stereocenters. The van der Waals surface area contributed by atoms with Crippen molar-refractivity contribution in [1.82, 2.24) is 14.5 Å². The fourth-order valence-electron chi connectivity index (χ4n) is 3.46. The first-order valence-corrected chi connectivity index (χ1v) is 13.0. The van der Waals surface area contributed by atoms with E-state index in [0.29, 0.717) is 6.42 Å². The van der Waals surface area contributed by atoms with Gasteiger partial charge in [-0.05, 0) is 49.6 Å². The van der Waals surface area contributed by atoms with Crippen molar-refractivity contribution in [3.8, 4) is 0 Å². The quantitative estimate of drug-likeness (QED) is 0.479. The number of carbonyl (C=O) groups is 2. The average Bonchev–Trinajstić information content (AvgIpc) is 2.83. The van der Waals surface area contributed by atoms with Gasteiger partial charge in [-0.2, -0.15) is 12.7 Å². The van der Waals surface area contributed by atoms with Crippen LogP contribution in [0.5, 0.6) is 0 Å². The van der Waals surface area contributed by atoms with Gasteiger partial charge >= 0.3 is 10.2 Å². The van der Waals surface area contributed by atoms with Gasteiger partial charge in [-0.3, -0.25) is 9.59 Å². The van der Waals surface area contributed by atoms with Crippen LogP contribution in [0.2, 0.25) is 0 Å². The minimum absolute atomic E-state index is 0.0740. The van der Waals surface area contributed by atoms with Gasteiger partial charge in [0, 0.05) is 26.7 Å². The van der Waals surface area contributed by atoms with Crippen molar-refractivity contribution in [2.24, 2.45) is 0 Å². The van der Waals surface area contributed by atoms with Gasteiger partial charge in [-0.25, -0.2) is 8.70 Å². The Hall–Kier alpha value is -2.98. The molecule has 2 aromatic rings. The zero-order chi connectivity index (χ0) is 26.2. The number of nitrogens with one attached hydrogen (secondary N) is 1. The van der Waals surface area contributed by atoms with Crippen LogP contribution in [-0.4, -0.2) is 62.2 Å². The van der Waals surface area contributed by atoms with Gasteiger partial charge in [-0.15, -0.1) is 0 Å². The number of amides is 2. The van der Waals surface area contributed by atoms with E-state index in [0.717, 1.165) is 32.7 Å². The predicted octanol–water partition coefficient (Wildman–Crippen LogP) is 3.16. The Balaban J connectivity index is 2.47. The van der Waals surface area contributed by atoms with Crippen LogP contribution in [0.4, 0.5) is 10.1 Å². The maximum atomic E-state index is 13.7. The van der Waals surface area contributed by atoms with Crippen LogP contribution in [0.15, 0.2) is 54.6 Å². The summed E-state index contributed by atoms with van der Waals surface area (Å²) >= 11 is 0. The molecule has 35 heavy (non-hydrogen) atoms. The summed E-state index contributed by atoms with van der Waals surface area (Å²) in [7, 11) is -1.38. The van der Waals surface area contributed by atoms with Gasteiger partial charge < -0.3 is 10.2 Å². The smallest absolute Gasteiger partial charge is 0.304 e. The van der Waals surface area contributed by atoms with Crippen molar-refractivity contribution in [1.29, 1.82) is 0 Å². The fourth-order valence-corrected chi connectivity index (χ4v) is 4.52. The van der Waals surface area contributed by atoms with Crippen LogP contribution in [-0.2, 0) is 26.3 Å². The molecule has 0 aliphatic rings. The molecule has 1 N–H and O–H groups in total. The first kappa shape index (κ1) is 28.3. The molecule has 2 rings (SSSR count). The average molecular weight is 507 g/mol. The second-order valence-electron chi connectivity index (χ2n) is 8.52. The third kappa shape index (κ3) is 7.50. The molecule has 0 saturated carbocycles. The van der Waals surface area contributed by atoms with Crippen molar-refractivity contribution in [3.05, 3.63) is 66.0 Å². The topological polar surface area (TPSA) is 90.0 Å². The first-order valence-electron chi connectivity index (χ1n) is 11.6. The summed E-state index contributed by atoms with van der Waals surface area (Å²) < 4.78 is 41.6. The highest BCUT2D eigenvalue weighted by Crippen LogP contribution is 2.22. The fraction of sp³-hybridized carbons (Fsp3) is 0.440. The van der Waals surface area contributed by atoms with Crippen molar-refractivity contribution < 1.29 is 22.4 Å². The van der Waals surface area contributed by atoms with E-state index in [1.54, 1.807) is 6.92 Å². The molecular formula is C25H35FN4O4S. The van der Waals surface area contributed by atoms with Gasteiger partial charge in [0.15, 0.2) is 0 Å². The molecule has 0 saturated heterocycles. The molecule has 10 heteroatoms. The van der Waals surface area contributed by atoms with Crippen LogP contribution in [0.3, 0.4) is 0 Å². The highest BCUT2D eigenvalue weighted by molar-refractivity contribution is 7.90. The van der Waals surface area contributed by atoms with E-state index < -0.39 is 34.5 Å². The molecule has 2 aromatic carbocycles. The van der Waals surface area contributed by atoms with E-state index in [-0.39, 0.29) is 24.2 Å². The third-order valence-corrected chi connectivity index (χ3v) is 7.54. The maximum absolute atomic E-state index is 13.7. The summed E-state index contributed by atoms with van der Waals surface area (Å²) in [6.45, 7) is 5.22. The first-order chi connectivity index (χ1) is 16.5. The number of nitrogens with zero attached hydrogens (tertiary/aromatic N) is 3. The third-order valence-electron chi connectivity index (χ3n) is 5.72. The van der Waals surface area contributed by atoms with Crippen LogP contribution < -0.4 is 9.62 Å². The van der Waals surface area contributed by atoms with Gasteiger partial charge in [0.05, 0.1) is 5.69 Å². The summed E-state index contributed by atoms with van der Waals surface area (Å²) in [5, 5.41) is 2.93. The second-order valence-corrected chi connectivity index (χ2v) is 10.6. The van der Waals surface area contributed by atoms with Crippen LogP contribution in [0.25, 0.3) is 0 Å². The van der Waals surface area contributed by atoms with Crippen LogP contribution in [0, 0.1) is 5.82 Å². The SMILES string of the molecule is CC[C@@H](C)NC(=O)[C@@H](CC)N(Cc1ccccc1)C(=O)CN(c1ccc(F)cc1)S(=O)(=O)N(C)C. The summed E-state index contributed by atoms with van der Waals surface area (Å²) in [5.41, 5.74) is 0.949. The molecule has 0 bridgehead atoms. The Bertz CT molecular complexity index is 1080. The second kappa shape index (κ2) is 12.6. The number of halogens is 1. The van der Waals surface area contributed by atoms with Crippen LogP contribution >= 0.6 is 0 Å². The minimum atomic E-state index is -4.09. The van der Waals surface area contributed by atoms with Crippen LogP contribution in [0.1, 0.15) is 39.2 Å². The summed E-state index contributed by atoms with van der Waals surface area (Å²) in [4.78, 5) is 28.2. The van der Waals surface area contributed by atoms with Crippen molar-refractivity contribution in [2.45, 2.75) is 52.2 Å². The highest BCUT2D eigenvalue weighted by Gasteiger charge is 2.34. The van der Waals surface area contributed by atoms with Gasteiger partial charge in [0.25, 0.3) is 0 Å². The number of hydrogen-bond acceptors (Lipinski definition) is 4. The lowest BCUT2D eigenvalue weighted by atomic mass is 10.1. The standard InChI is InChI=1S/C25H35FN4O4S/c1-6-19(3)27-25(32)23(7-2)29(17-20-11-9-8-10-12-20)24(31)18-30(35(33,34)28(4)5)22-15-13-21(26)14-16-22/h8-16,19,23H,6-7,17-18H2,1-5H3,(H,27,32)/t19-,23-/m1/s1. The highest BCUT2D eigenvalue weighted by atomic mass is 32.2. The number of benzene rings is 2. The molecular weight excluding hydrogens is 471 g/mol. The lowest BCUT2D eigenvalue weighted by Gasteiger charge is -2.34. The lowest BCUT2D eigenvalue weighted by molar-refractivity contribution is -0.140. The molecule has 8 nitrogen and oxygen atoms in total. The molecule has 0 aliphatic heterocycles. The zero-order valence-electron chi connectivity index (χ0n) is 20.9. The number of rotatable bonds is 12. The lowest BCUT2D eigenvalue weighted by Crippen LogP contribution is -2.54. The Labute approximate surface area is 207 Å². The summed E-state index contributed by atoms with van der Waals surface area (Å²) in [5.74, 6) is -1.37. The molecule has 2 amide bonds. The van der Waals surface area contributed by atoms with Crippen molar-refractivity contribution in [2.75, 3.05) is 24.9 Å². The van der Waals surface area contributed by atoms with E-state index in [9.17, 15) is 22.4 Å². The minimum Gasteiger partial charge on any atom is -0.352 e. The Morgan fingerprint density at radius 1 is 0.971 bits per heavy atom. The monoisotopic (exact) mass is 506 g/mol. The number of hydrogen-bond donors (Lipinski definition) is 1.